The molecule has 0 radical (unpaired) electrons. The van der Waals surface area contributed by atoms with Crippen LogP contribution < -0.4 is 5.73 Å². The topological polar surface area (TPSA) is 38.9 Å². The summed E-state index contributed by atoms with van der Waals surface area (Å²) in [7, 11) is 0. The number of halogens is 4. The van der Waals surface area contributed by atoms with Crippen molar-refractivity contribution < 1.29 is 13.2 Å². The lowest BCUT2D eigenvalue weighted by Gasteiger charge is -2.13. The van der Waals surface area contributed by atoms with E-state index < -0.39 is 18.6 Å². The number of hydrogen-bond acceptors (Lipinski definition) is 2. The third kappa shape index (κ3) is 4.49. The molecule has 1 aromatic heterocycles. The van der Waals surface area contributed by atoms with Crippen molar-refractivity contribution in [2.24, 2.45) is 5.73 Å². The fraction of sp³-hybridized carbons (Fsp3) is 0.500. The first-order valence-corrected chi connectivity index (χ1v) is 5.62. The molecule has 0 spiro atoms. The van der Waals surface area contributed by atoms with E-state index in [-0.39, 0.29) is 12.8 Å². The van der Waals surface area contributed by atoms with Crippen molar-refractivity contribution in [3.8, 4) is 0 Å². The van der Waals surface area contributed by atoms with Crippen molar-refractivity contribution >= 4 is 15.9 Å². The maximum atomic E-state index is 11.9. The molecule has 1 heterocycles. The Morgan fingerprint density at radius 1 is 1.44 bits per heavy atom. The fourth-order valence-electron chi connectivity index (χ4n) is 1.33. The summed E-state index contributed by atoms with van der Waals surface area (Å²) in [5.74, 6) is 0. The van der Waals surface area contributed by atoms with E-state index in [0.29, 0.717) is 5.69 Å². The van der Waals surface area contributed by atoms with E-state index in [1.807, 2.05) is 0 Å². The molecule has 0 saturated carbocycles. The van der Waals surface area contributed by atoms with Gasteiger partial charge in [-0.1, -0.05) is 0 Å². The van der Waals surface area contributed by atoms with Gasteiger partial charge in [0.05, 0.1) is 5.69 Å². The second-order valence-electron chi connectivity index (χ2n) is 3.48. The van der Waals surface area contributed by atoms with Crippen molar-refractivity contribution in [2.45, 2.75) is 31.5 Å². The summed E-state index contributed by atoms with van der Waals surface area (Å²) in [6, 6.07) is 3.04. The highest BCUT2D eigenvalue weighted by Crippen LogP contribution is 2.27. The van der Waals surface area contributed by atoms with E-state index in [1.54, 1.807) is 18.3 Å². The van der Waals surface area contributed by atoms with Crippen LogP contribution in [0.2, 0.25) is 0 Å². The molecule has 6 heteroatoms. The van der Waals surface area contributed by atoms with Gasteiger partial charge in [-0.2, -0.15) is 13.2 Å². The summed E-state index contributed by atoms with van der Waals surface area (Å²) in [4.78, 5) is 4.04. The Hall–Kier alpha value is -0.620. The fourth-order valence-corrected chi connectivity index (χ4v) is 1.88. The normalized spacial score (nSPS) is 13.8. The number of rotatable bonds is 4. The van der Waals surface area contributed by atoms with E-state index in [1.165, 1.54) is 0 Å². The minimum Gasteiger partial charge on any atom is -0.323 e. The van der Waals surface area contributed by atoms with E-state index in [0.717, 1.165) is 4.47 Å². The number of pyridine rings is 1. The molecule has 0 aliphatic heterocycles. The Bertz CT molecular complexity index is 341. The predicted molar refractivity (Wildman–Crippen MR) is 58.8 cm³/mol. The van der Waals surface area contributed by atoms with Crippen LogP contribution in [-0.2, 0) is 0 Å². The number of alkyl halides is 3. The minimum atomic E-state index is -4.11. The van der Waals surface area contributed by atoms with Crippen LogP contribution in [0.25, 0.3) is 0 Å². The van der Waals surface area contributed by atoms with Gasteiger partial charge < -0.3 is 5.73 Å². The molecule has 0 bridgehead atoms. The van der Waals surface area contributed by atoms with Gasteiger partial charge in [-0.05, 0) is 40.9 Å². The molecule has 90 valence electrons. The Labute approximate surface area is 100 Å². The molecular formula is C10H12BrF3N2. The maximum Gasteiger partial charge on any atom is 0.389 e. The van der Waals surface area contributed by atoms with Crippen molar-refractivity contribution in [2.75, 3.05) is 0 Å². The standard InChI is InChI=1S/C10H12BrF3N2/c11-7-3-2-6-16-9(7)8(15)4-1-5-10(12,13)14/h2-3,6,8H,1,4-5,15H2. The lowest BCUT2D eigenvalue weighted by atomic mass is 10.1. The Morgan fingerprint density at radius 2 is 2.12 bits per heavy atom. The molecule has 0 aliphatic carbocycles. The third-order valence-corrected chi connectivity index (χ3v) is 2.78. The van der Waals surface area contributed by atoms with Crippen molar-refractivity contribution in [1.29, 1.82) is 0 Å². The largest absolute Gasteiger partial charge is 0.389 e. The highest BCUT2D eigenvalue weighted by molar-refractivity contribution is 9.10. The molecule has 0 aliphatic rings. The summed E-state index contributed by atoms with van der Waals surface area (Å²) >= 11 is 3.26. The van der Waals surface area contributed by atoms with Gasteiger partial charge in [0.2, 0.25) is 0 Å². The minimum absolute atomic E-state index is 0.0215. The lowest BCUT2D eigenvalue weighted by Crippen LogP contribution is -2.14. The first kappa shape index (κ1) is 13.4. The molecule has 1 atom stereocenters. The summed E-state index contributed by atoms with van der Waals surface area (Å²) in [6.45, 7) is 0. The zero-order valence-electron chi connectivity index (χ0n) is 8.47. The molecule has 0 aromatic carbocycles. The Balaban J connectivity index is 2.47. The number of aromatic nitrogens is 1. The van der Waals surface area contributed by atoms with Gasteiger partial charge in [-0.25, -0.2) is 0 Å². The first-order valence-electron chi connectivity index (χ1n) is 4.83. The molecule has 0 saturated heterocycles. The smallest absolute Gasteiger partial charge is 0.323 e. The maximum absolute atomic E-state index is 11.9. The zero-order chi connectivity index (χ0) is 12.2. The van der Waals surface area contributed by atoms with Crippen LogP contribution in [0, 0.1) is 0 Å². The highest BCUT2D eigenvalue weighted by Gasteiger charge is 2.26. The van der Waals surface area contributed by atoms with E-state index in [9.17, 15) is 13.2 Å². The molecule has 0 fully saturated rings. The van der Waals surface area contributed by atoms with Gasteiger partial charge in [0.1, 0.15) is 0 Å². The van der Waals surface area contributed by atoms with Gasteiger partial charge in [-0.3, -0.25) is 4.98 Å². The SMILES string of the molecule is NC(CCCC(F)(F)F)c1ncccc1Br. The van der Waals surface area contributed by atoms with Gasteiger partial charge in [-0.15, -0.1) is 0 Å². The first-order chi connectivity index (χ1) is 7.40. The van der Waals surface area contributed by atoms with Crippen molar-refractivity contribution in [3.63, 3.8) is 0 Å². The van der Waals surface area contributed by atoms with Gasteiger partial charge in [0.25, 0.3) is 0 Å². The third-order valence-electron chi connectivity index (χ3n) is 2.11. The Morgan fingerprint density at radius 3 is 2.69 bits per heavy atom. The van der Waals surface area contributed by atoms with Crippen LogP contribution >= 0.6 is 15.9 Å². The summed E-state index contributed by atoms with van der Waals surface area (Å²) in [5, 5.41) is 0. The summed E-state index contributed by atoms with van der Waals surface area (Å²) in [5.41, 5.74) is 6.37. The average Bonchev–Trinajstić information content (AvgIpc) is 2.16. The van der Waals surface area contributed by atoms with Crippen LogP contribution in [0.4, 0.5) is 13.2 Å². The molecular weight excluding hydrogens is 285 g/mol. The molecule has 16 heavy (non-hydrogen) atoms. The van der Waals surface area contributed by atoms with Gasteiger partial charge in [0, 0.05) is 23.1 Å². The molecule has 2 nitrogen and oxygen atoms in total. The predicted octanol–water partition coefficient (Wildman–Crippen LogP) is 3.58. The Kier molecular flexibility index (Phi) is 4.73. The second kappa shape index (κ2) is 5.63. The van der Waals surface area contributed by atoms with Crippen molar-refractivity contribution in [1.82, 2.24) is 4.98 Å². The quantitative estimate of drug-likeness (QED) is 0.922. The van der Waals surface area contributed by atoms with Crippen LogP contribution in [-0.4, -0.2) is 11.2 Å². The van der Waals surface area contributed by atoms with Crippen LogP contribution in [0.3, 0.4) is 0 Å². The van der Waals surface area contributed by atoms with E-state index in [4.69, 9.17) is 5.73 Å². The number of hydrogen-bond donors (Lipinski definition) is 1. The molecule has 1 aromatic rings. The molecule has 1 rings (SSSR count). The van der Waals surface area contributed by atoms with Gasteiger partial charge >= 0.3 is 6.18 Å². The number of nitrogens with zero attached hydrogens (tertiary/aromatic N) is 1. The van der Waals surface area contributed by atoms with Gasteiger partial charge in [0.15, 0.2) is 0 Å². The number of nitrogens with two attached hydrogens (primary N) is 1. The molecule has 2 N–H and O–H groups in total. The summed E-state index contributed by atoms with van der Waals surface area (Å²) < 4.78 is 36.5. The lowest BCUT2D eigenvalue weighted by molar-refractivity contribution is -0.135. The molecule has 0 amide bonds. The van der Waals surface area contributed by atoms with Crippen LogP contribution in [0.1, 0.15) is 31.0 Å². The zero-order valence-corrected chi connectivity index (χ0v) is 10.1. The van der Waals surface area contributed by atoms with Crippen LogP contribution in [0.5, 0.6) is 0 Å². The van der Waals surface area contributed by atoms with E-state index >= 15 is 0 Å². The van der Waals surface area contributed by atoms with Crippen molar-refractivity contribution in [3.05, 3.63) is 28.5 Å². The molecule has 1 unspecified atom stereocenters. The highest BCUT2D eigenvalue weighted by atomic mass is 79.9. The second-order valence-corrected chi connectivity index (χ2v) is 4.34. The summed E-state index contributed by atoms with van der Waals surface area (Å²) in [6.07, 6.45) is -3.04. The van der Waals surface area contributed by atoms with Crippen LogP contribution in [0.15, 0.2) is 22.8 Å². The average molecular weight is 297 g/mol. The monoisotopic (exact) mass is 296 g/mol. The van der Waals surface area contributed by atoms with E-state index in [2.05, 4.69) is 20.9 Å².